The van der Waals surface area contributed by atoms with E-state index in [0.717, 1.165) is 26.9 Å². The van der Waals surface area contributed by atoms with E-state index in [0.29, 0.717) is 22.3 Å². The molecule has 0 saturated heterocycles. The van der Waals surface area contributed by atoms with Crippen molar-refractivity contribution < 1.29 is 13.2 Å². The number of sulfonamides is 1. The molecule has 146 valence electrons. The van der Waals surface area contributed by atoms with E-state index in [-0.39, 0.29) is 6.54 Å². The van der Waals surface area contributed by atoms with Crippen molar-refractivity contribution in [2.45, 2.75) is 11.1 Å². The number of pyridine rings is 1. The van der Waals surface area contributed by atoms with Crippen LogP contribution in [0.15, 0.2) is 71.1 Å². The van der Waals surface area contributed by atoms with Gasteiger partial charge in [0.15, 0.2) is 0 Å². The number of thiophene rings is 1. The van der Waals surface area contributed by atoms with E-state index in [4.69, 9.17) is 4.74 Å². The molecule has 0 saturated carbocycles. The number of hydrogen-bond acceptors (Lipinski definition) is 5. The predicted molar refractivity (Wildman–Crippen MR) is 116 cm³/mol. The highest BCUT2D eigenvalue weighted by atomic mass is 32.2. The molecule has 1 aliphatic rings. The van der Waals surface area contributed by atoms with E-state index in [1.165, 1.54) is 15.6 Å². The van der Waals surface area contributed by atoms with Crippen LogP contribution < -0.4 is 9.04 Å². The Morgan fingerprint density at radius 3 is 2.66 bits per heavy atom. The molecular weight excluding hydrogens is 404 g/mol. The van der Waals surface area contributed by atoms with E-state index in [1.54, 1.807) is 12.3 Å². The van der Waals surface area contributed by atoms with Crippen molar-refractivity contribution in [3.8, 4) is 16.9 Å². The average Bonchev–Trinajstić information content (AvgIpc) is 3.19. The second kappa shape index (κ2) is 6.86. The van der Waals surface area contributed by atoms with Crippen molar-refractivity contribution in [1.29, 1.82) is 0 Å². The standard InChI is InChI=1S/C22H18N2O3S2/c1-15-6-7-18(14-23-15)16-8-9-20-19(12-16)24(10-11-27-20)29(25,26)22-13-17-4-2-3-5-21(17)28-22/h2-9,12-14H,10-11H2,1H3. The minimum atomic E-state index is -3.69. The van der Waals surface area contributed by atoms with Gasteiger partial charge in [-0.25, -0.2) is 8.42 Å². The number of hydrogen-bond donors (Lipinski definition) is 0. The Morgan fingerprint density at radius 1 is 1.03 bits per heavy atom. The molecule has 2 aromatic heterocycles. The summed E-state index contributed by atoms with van der Waals surface area (Å²) in [5.74, 6) is 0.574. The Balaban J connectivity index is 1.60. The van der Waals surface area contributed by atoms with Crippen LogP contribution in [-0.2, 0) is 10.0 Å². The van der Waals surface area contributed by atoms with Gasteiger partial charge in [-0.2, -0.15) is 0 Å². The number of anilines is 1. The Morgan fingerprint density at radius 2 is 1.86 bits per heavy atom. The molecule has 3 heterocycles. The van der Waals surface area contributed by atoms with Crippen molar-refractivity contribution in [3.05, 3.63) is 72.6 Å². The summed E-state index contributed by atoms with van der Waals surface area (Å²) < 4.78 is 35.5. The number of ether oxygens (including phenoxy) is 1. The molecule has 5 rings (SSSR count). The van der Waals surface area contributed by atoms with Crippen molar-refractivity contribution in [2.24, 2.45) is 0 Å². The van der Waals surface area contributed by atoms with Crippen LogP contribution in [0.3, 0.4) is 0 Å². The van der Waals surface area contributed by atoms with Gasteiger partial charge >= 0.3 is 0 Å². The van der Waals surface area contributed by atoms with Crippen LogP contribution in [-0.4, -0.2) is 26.6 Å². The molecule has 7 heteroatoms. The molecule has 0 spiro atoms. The number of aromatic nitrogens is 1. The fourth-order valence-electron chi connectivity index (χ4n) is 3.45. The van der Waals surface area contributed by atoms with E-state index >= 15 is 0 Å². The molecule has 0 aliphatic carbocycles. The molecule has 0 atom stereocenters. The third kappa shape index (κ3) is 3.16. The number of benzene rings is 2. The molecular formula is C22H18N2O3S2. The fraction of sp³-hybridized carbons (Fsp3) is 0.136. The molecule has 0 amide bonds. The number of fused-ring (bicyclic) bond motifs is 2. The van der Waals surface area contributed by atoms with Gasteiger partial charge in [0.25, 0.3) is 10.0 Å². The second-order valence-corrected chi connectivity index (χ2v) is 10.1. The van der Waals surface area contributed by atoms with Crippen LogP contribution in [0.25, 0.3) is 21.2 Å². The maximum Gasteiger partial charge on any atom is 0.274 e. The van der Waals surface area contributed by atoms with Crippen LogP contribution in [0.2, 0.25) is 0 Å². The zero-order chi connectivity index (χ0) is 20.0. The van der Waals surface area contributed by atoms with Crippen molar-refractivity contribution in [3.63, 3.8) is 0 Å². The van der Waals surface area contributed by atoms with E-state index in [9.17, 15) is 8.42 Å². The SMILES string of the molecule is Cc1ccc(-c2ccc3c(c2)N(S(=O)(=O)c2cc4ccccc4s2)CCO3)cn1. The van der Waals surface area contributed by atoms with Gasteiger partial charge in [-0.15, -0.1) is 11.3 Å². The van der Waals surface area contributed by atoms with Crippen LogP contribution in [0.1, 0.15) is 5.69 Å². The molecule has 0 fully saturated rings. The van der Waals surface area contributed by atoms with Gasteiger partial charge in [0.05, 0.1) is 12.2 Å². The molecule has 2 aromatic carbocycles. The third-order valence-corrected chi connectivity index (χ3v) is 8.35. The topological polar surface area (TPSA) is 59.5 Å². The molecule has 1 aliphatic heterocycles. The van der Waals surface area contributed by atoms with Crippen molar-refractivity contribution >= 4 is 37.1 Å². The Bertz CT molecular complexity index is 1280. The monoisotopic (exact) mass is 422 g/mol. The van der Waals surface area contributed by atoms with Gasteiger partial charge in [0.2, 0.25) is 0 Å². The Kier molecular flexibility index (Phi) is 4.29. The lowest BCUT2D eigenvalue weighted by atomic mass is 10.1. The molecule has 0 bridgehead atoms. The average molecular weight is 423 g/mol. The van der Waals surface area contributed by atoms with E-state index in [1.807, 2.05) is 61.5 Å². The summed E-state index contributed by atoms with van der Waals surface area (Å²) in [6.45, 7) is 2.53. The summed E-state index contributed by atoms with van der Waals surface area (Å²) in [4.78, 5) is 4.35. The Hall–Kier alpha value is -2.90. The first-order valence-electron chi connectivity index (χ1n) is 9.23. The molecule has 0 N–H and O–H groups in total. The van der Waals surface area contributed by atoms with Crippen molar-refractivity contribution in [2.75, 3.05) is 17.5 Å². The first kappa shape index (κ1) is 18.1. The normalized spacial score (nSPS) is 13.9. The molecule has 29 heavy (non-hydrogen) atoms. The molecule has 0 unspecified atom stereocenters. The zero-order valence-corrected chi connectivity index (χ0v) is 17.3. The highest BCUT2D eigenvalue weighted by Gasteiger charge is 2.31. The summed E-state index contributed by atoms with van der Waals surface area (Å²) in [6, 6.07) is 19.0. The fourth-order valence-corrected chi connectivity index (χ4v) is 6.42. The van der Waals surface area contributed by atoms with Crippen LogP contribution in [0.4, 0.5) is 5.69 Å². The molecule has 0 radical (unpaired) electrons. The predicted octanol–water partition coefficient (Wildman–Crippen LogP) is 4.86. The van der Waals surface area contributed by atoms with E-state index < -0.39 is 10.0 Å². The van der Waals surface area contributed by atoms with E-state index in [2.05, 4.69) is 4.98 Å². The highest BCUT2D eigenvalue weighted by molar-refractivity contribution is 7.95. The van der Waals surface area contributed by atoms with Gasteiger partial charge < -0.3 is 4.74 Å². The summed E-state index contributed by atoms with van der Waals surface area (Å²) in [7, 11) is -3.69. The van der Waals surface area contributed by atoms with Crippen LogP contribution >= 0.6 is 11.3 Å². The summed E-state index contributed by atoms with van der Waals surface area (Å²) in [6.07, 6.45) is 1.80. The summed E-state index contributed by atoms with van der Waals surface area (Å²) in [5, 5.41) is 0.934. The summed E-state index contributed by atoms with van der Waals surface area (Å²) >= 11 is 1.29. The minimum absolute atomic E-state index is 0.277. The van der Waals surface area contributed by atoms with Gasteiger partial charge in [0, 0.05) is 22.2 Å². The highest BCUT2D eigenvalue weighted by Crippen LogP contribution is 2.40. The quantitative estimate of drug-likeness (QED) is 0.473. The van der Waals surface area contributed by atoms with Crippen LogP contribution in [0, 0.1) is 6.92 Å². The van der Waals surface area contributed by atoms with Gasteiger partial charge in [0.1, 0.15) is 16.6 Å². The van der Waals surface area contributed by atoms with Crippen LogP contribution in [0.5, 0.6) is 5.75 Å². The van der Waals surface area contributed by atoms with Gasteiger partial charge in [-0.1, -0.05) is 30.3 Å². The molecule has 4 aromatic rings. The number of aryl methyl sites for hydroxylation is 1. The number of nitrogens with zero attached hydrogens (tertiary/aromatic N) is 2. The van der Waals surface area contributed by atoms with Gasteiger partial charge in [-0.3, -0.25) is 9.29 Å². The lowest BCUT2D eigenvalue weighted by Gasteiger charge is -2.30. The number of rotatable bonds is 3. The molecule has 5 nitrogen and oxygen atoms in total. The second-order valence-electron chi connectivity index (χ2n) is 6.90. The van der Waals surface area contributed by atoms with Gasteiger partial charge in [-0.05, 0) is 48.2 Å². The minimum Gasteiger partial charge on any atom is -0.489 e. The zero-order valence-electron chi connectivity index (χ0n) is 15.7. The maximum atomic E-state index is 13.5. The maximum absolute atomic E-state index is 13.5. The van der Waals surface area contributed by atoms with Crippen molar-refractivity contribution in [1.82, 2.24) is 4.98 Å². The summed E-state index contributed by atoms with van der Waals surface area (Å²) in [5.41, 5.74) is 3.33. The largest absolute Gasteiger partial charge is 0.489 e. The first-order valence-corrected chi connectivity index (χ1v) is 11.5. The third-order valence-electron chi connectivity index (χ3n) is 4.97. The lowest BCUT2D eigenvalue weighted by molar-refractivity contribution is 0.316. The lowest BCUT2D eigenvalue weighted by Crippen LogP contribution is -2.37. The Labute approximate surface area is 173 Å². The first-order chi connectivity index (χ1) is 14.0. The smallest absolute Gasteiger partial charge is 0.274 e.